The molecule has 15 heavy (non-hydrogen) atoms. The van der Waals surface area contributed by atoms with Gasteiger partial charge in [-0.15, -0.1) is 6.42 Å². The second-order valence-electron chi connectivity index (χ2n) is 3.29. The smallest absolute Gasteiger partial charge is 0.124 e. The molecular weight excluding hydrogens is 257 g/mol. The van der Waals surface area contributed by atoms with Crippen LogP contribution in [0.4, 0.5) is 4.39 Å². The molecule has 1 atom stereocenters. The fourth-order valence-electron chi connectivity index (χ4n) is 1.28. The number of terminal acetylenes is 1. The lowest BCUT2D eigenvalue weighted by molar-refractivity contribution is 0.584. The number of rotatable bonds is 4. The minimum atomic E-state index is -0.241. The van der Waals surface area contributed by atoms with Crippen LogP contribution in [0.2, 0.25) is 0 Å². The van der Waals surface area contributed by atoms with Crippen molar-refractivity contribution in [2.45, 2.75) is 25.9 Å². The van der Waals surface area contributed by atoms with E-state index in [2.05, 4.69) is 27.2 Å². The highest BCUT2D eigenvalue weighted by Gasteiger charge is 2.02. The Kier molecular flexibility index (Phi) is 4.80. The summed E-state index contributed by atoms with van der Waals surface area (Å²) < 4.78 is 13.8. The van der Waals surface area contributed by atoms with Crippen LogP contribution in [0.5, 0.6) is 0 Å². The first-order valence-corrected chi connectivity index (χ1v) is 5.59. The predicted molar refractivity (Wildman–Crippen MR) is 63.9 cm³/mol. The van der Waals surface area contributed by atoms with Crippen LogP contribution >= 0.6 is 15.9 Å². The maximum Gasteiger partial charge on any atom is 0.124 e. The number of nitrogens with one attached hydrogen (secondary N) is 1. The van der Waals surface area contributed by atoms with Crippen LogP contribution in [-0.4, -0.2) is 6.04 Å². The lowest BCUT2D eigenvalue weighted by Crippen LogP contribution is -2.26. The second-order valence-corrected chi connectivity index (χ2v) is 4.20. The molecule has 0 bridgehead atoms. The standard InChI is InChI=1S/C12H13BrFN/c1-3-12(4-2)15-8-9-5-10(13)7-11(14)6-9/h1,5-7,12,15H,4,8H2,2H3. The van der Waals surface area contributed by atoms with Gasteiger partial charge in [0.25, 0.3) is 0 Å². The molecule has 0 aliphatic carbocycles. The molecule has 80 valence electrons. The second kappa shape index (κ2) is 5.89. The zero-order valence-electron chi connectivity index (χ0n) is 8.56. The van der Waals surface area contributed by atoms with Crippen molar-refractivity contribution in [1.29, 1.82) is 0 Å². The lowest BCUT2D eigenvalue weighted by Gasteiger charge is -2.10. The van der Waals surface area contributed by atoms with Gasteiger partial charge in [0.2, 0.25) is 0 Å². The molecule has 0 aliphatic rings. The van der Waals surface area contributed by atoms with Gasteiger partial charge in [-0.25, -0.2) is 4.39 Å². The van der Waals surface area contributed by atoms with E-state index in [0.29, 0.717) is 6.54 Å². The summed E-state index contributed by atoms with van der Waals surface area (Å²) in [5.74, 6) is 2.39. The van der Waals surface area contributed by atoms with Crippen LogP contribution in [-0.2, 0) is 6.54 Å². The van der Waals surface area contributed by atoms with E-state index in [4.69, 9.17) is 6.42 Å². The Morgan fingerprint density at radius 3 is 2.80 bits per heavy atom. The molecule has 1 aromatic carbocycles. The van der Waals surface area contributed by atoms with Crippen molar-refractivity contribution in [1.82, 2.24) is 5.32 Å². The third-order valence-electron chi connectivity index (χ3n) is 2.08. The molecule has 0 fully saturated rings. The Labute approximate surface area is 98.2 Å². The molecule has 0 amide bonds. The number of hydrogen-bond acceptors (Lipinski definition) is 1. The summed E-state index contributed by atoms with van der Waals surface area (Å²) in [6.45, 7) is 2.60. The molecule has 0 radical (unpaired) electrons. The van der Waals surface area contributed by atoms with E-state index in [1.54, 1.807) is 0 Å². The minimum absolute atomic E-state index is 0.0482. The maximum absolute atomic E-state index is 13.0. The summed E-state index contributed by atoms with van der Waals surface area (Å²) >= 11 is 3.25. The van der Waals surface area contributed by atoms with Gasteiger partial charge < -0.3 is 0 Å². The molecule has 0 saturated carbocycles. The average molecular weight is 270 g/mol. The van der Waals surface area contributed by atoms with E-state index >= 15 is 0 Å². The molecule has 1 N–H and O–H groups in total. The Morgan fingerprint density at radius 2 is 2.27 bits per heavy atom. The van der Waals surface area contributed by atoms with E-state index in [0.717, 1.165) is 16.5 Å². The van der Waals surface area contributed by atoms with E-state index < -0.39 is 0 Å². The summed E-state index contributed by atoms with van der Waals surface area (Å²) in [5.41, 5.74) is 0.885. The maximum atomic E-state index is 13.0. The Balaban J connectivity index is 2.62. The van der Waals surface area contributed by atoms with Crippen LogP contribution in [0.3, 0.4) is 0 Å². The van der Waals surface area contributed by atoms with Gasteiger partial charge in [0.15, 0.2) is 0 Å². The Morgan fingerprint density at radius 1 is 1.53 bits per heavy atom. The van der Waals surface area contributed by atoms with Gasteiger partial charge in [-0.3, -0.25) is 5.32 Å². The highest BCUT2D eigenvalue weighted by molar-refractivity contribution is 9.10. The van der Waals surface area contributed by atoms with E-state index in [1.807, 2.05) is 13.0 Å². The molecule has 0 aliphatic heterocycles. The van der Waals surface area contributed by atoms with Crippen LogP contribution in [0.1, 0.15) is 18.9 Å². The van der Waals surface area contributed by atoms with Gasteiger partial charge >= 0.3 is 0 Å². The largest absolute Gasteiger partial charge is 0.300 e. The van der Waals surface area contributed by atoms with Crippen molar-refractivity contribution >= 4 is 15.9 Å². The topological polar surface area (TPSA) is 12.0 Å². The van der Waals surface area contributed by atoms with Gasteiger partial charge in [0, 0.05) is 11.0 Å². The number of halogens is 2. The first-order chi connectivity index (χ1) is 7.15. The molecule has 0 heterocycles. The summed E-state index contributed by atoms with van der Waals surface area (Å²) in [7, 11) is 0. The lowest BCUT2D eigenvalue weighted by atomic mass is 10.2. The fraction of sp³-hybridized carbons (Fsp3) is 0.333. The molecule has 1 rings (SSSR count). The van der Waals surface area contributed by atoms with Gasteiger partial charge in [-0.2, -0.15) is 0 Å². The van der Waals surface area contributed by atoms with Crippen LogP contribution < -0.4 is 5.32 Å². The summed E-state index contributed by atoms with van der Waals surface area (Å²) in [6.07, 6.45) is 6.18. The highest BCUT2D eigenvalue weighted by atomic mass is 79.9. The van der Waals surface area contributed by atoms with E-state index in [9.17, 15) is 4.39 Å². The number of benzene rings is 1. The van der Waals surface area contributed by atoms with Crippen molar-refractivity contribution in [2.75, 3.05) is 0 Å². The average Bonchev–Trinajstić information content (AvgIpc) is 2.18. The fourth-order valence-corrected chi connectivity index (χ4v) is 1.79. The van der Waals surface area contributed by atoms with Gasteiger partial charge in [-0.1, -0.05) is 28.8 Å². The van der Waals surface area contributed by atoms with Crippen LogP contribution in [0, 0.1) is 18.2 Å². The Hall–Kier alpha value is -0.850. The molecule has 1 unspecified atom stereocenters. The molecule has 0 spiro atoms. The summed E-state index contributed by atoms with van der Waals surface area (Å²) in [6, 6.07) is 4.86. The summed E-state index contributed by atoms with van der Waals surface area (Å²) in [5, 5.41) is 3.17. The van der Waals surface area contributed by atoms with Crippen LogP contribution in [0.15, 0.2) is 22.7 Å². The minimum Gasteiger partial charge on any atom is -0.300 e. The van der Waals surface area contributed by atoms with Gasteiger partial charge in [0.1, 0.15) is 5.82 Å². The van der Waals surface area contributed by atoms with E-state index in [-0.39, 0.29) is 11.9 Å². The third-order valence-corrected chi connectivity index (χ3v) is 2.54. The zero-order chi connectivity index (χ0) is 11.3. The molecule has 0 aromatic heterocycles. The van der Waals surface area contributed by atoms with E-state index in [1.165, 1.54) is 12.1 Å². The van der Waals surface area contributed by atoms with Crippen molar-refractivity contribution in [2.24, 2.45) is 0 Å². The molecule has 1 aromatic rings. The highest BCUT2D eigenvalue weighted by Crippen LogP contribution is 2.14. The molecule has 0 saturated heterocycles. The molecule has 1 nitrogen and oxygen atoms in total. The number of hydrogen-bond donors (Lipinski definition) is 1. The SMILES string of the molecule is C#CC(CC)NCc1cc(F)cc(Br)c1. The zero-order valence-corrected chi connectivity index (χ0v) is 10.1. The van der Waals surface area contributed by atoms with Crippen molar-refractivity contribution in [3.8, 4) is 12.3 Å². The summed E-state index contributed by atoms with van der Waals surface area (Å²) in [4.78, 5) is 0. The quantitative estimate of drug-likeness (QED) is 0.829. The van der Waals surface area contributed by atoms with Crippen LogP contribution in [0.25, 0.3) is 0 Å². The third kappa shape index (κ3) is 4.03. The molecule has 3 heteroatoms. The normalized spacial score (nSPS) is 12.1. The van der Waals surface area contributed by atoms with Crippen molar-refractivity contribution in [3.63, 3.8) is 0 Å². The molecular formula is C12H13BrFN. The first kappa shape index (κ1) is 12.2. The van der Waals surface area contributed by atoms with Crippen molar-refractivity contribution in [3.05, 3.63) is 34.1 Å². The van der Waals surface area contributed by atoms with Crippen molar-refractivity contribution < 1.29 is 4.39 Å². The predicted octanol–water partition coefficient (Wildman–Crippen LogP) is 3.09. The van der Waals surface area contributed by atoms with Gasteiger partial charge in [-0.05, 0) is 30.2 Å². The van der Waals surface area contributed by atoms with Gasteiger partial charge in [0.05, 0.1) is 6.04 Å². The first-order valence-electron chi connectivity index (χ1n) is 4.80. The Bertz CT molecular complexity index is 350. The monoisotopic (exact) mass is 269 g/mol.